The number of halogens is 1. The summed E-state index contributed by atoms with van der Waals surface area (Å²) in [7, 11) is 0. The molecule has 0 aliphatic rings. The van der Waals surface area contributed by atoms with E-state index in [1.54, 1.807) is 12.4 Å². The van der Waals surface area contributed by atoms with Crippen LogP contribution in [0.2, 0.25) is 0 Å². The summed E-state index contributed by atoms with van der Waals surface area (Å²) in [6.07, 6.45) is 3.52. The van der Waals surface area contributed by atoms with E-state index in [1.165, 1.54) is 0 Å². The van der Waals surface area contributed by atoms with E-state index in [0.29, 0.717) is 0 Å². The first-order valence-electron chi connectivity index (χ1n) is 3.82. The van der Waals surface area contributed by atoms with Crippen LogP contribution in [0.5, 0.6) is 0 Å². The van der Waals surface area contributed by atoms with E-state index in [9.17, 15) is 4.79 Å². The molecule has 0 radical (unpaired) electrons. The Kier molecular flexibility index (Phi) is 5.07. The van der Waals surface area contributed by atoms with Crippen LogP contribution in [-0.2, 0) is 4.79 Å². The van der Waals surface area contributed by atoms with Crippen LogP contribution >= 0.6 is 12.4 Å². The third kappa shape index (κ3) is 3.90. The highest BCUT2D eigenvalue weighted by molar-refractivity contribution is 5.85. The number of carboxylic acid groups (broad SMARTS) is 1. The van der Waals surface area contributed by atoms with E-state index >= 15 is 0 Å². The number of hydrogen-bond acceptors (Lipinski definition) is 2. The number of hydrogen-bond donors (Lipinski definition) is 1. The summed E-state index contributed by atoms with van der Waals surface area (Å²) in [4.78, 5) is 14.2. The molecule has 0 bridgehead atoms. The van der Waals surface area contributed by atoms with Gasteiger partial charge >= 0.3 is 5.97 Å². The van der Waals surface area contributed by atoms with Gasteiger partial charge in [-0.15, -0.1) is 12.4 Å². The molecule has 3 nitrogen and oxygen atoms in total. The van der Waals surface area contributed by atoms with E-state index in [4.69, 9.17) is 5.11 Å². The van der Waals surface area contributed by atoms with Gasteiger partial charge in [0.1, 0.15) is 0 Å². The van der Waals surface area contributed by atoms with E-state index < -0.39 is 5.97 Å². The molecule has 0 aliphatic carbocycles. The molecule has 72 valence electrons. The van der Waals surface area contributed by atoms with E-state index in [0.717, 1.165) is 5.56 Å². The molecule has 0 spiro atoms. The molecule has 0 saturated carbocycles. The zero-order valence-electron chi connectivity index (χ0n) is 7.30. The third-order valence-electron chi connectivity index (χ3n) is 1.76. The first-order chi connectivity index (χ1) is 5.70. The summed E-state index contributed by atoms with van der Waals surface area (Å²) in [6.45, 7) is 1.89. The minimum absolute atomic E-state index is 0. The second kappa shape index (κ2) is 5.54. The van der Waals surface area contributed by atoms with Gasteiger partial charge in [-0.3, -0.25) is 9.78 Å². The van der Waals surface area contributed by atoms with Gasteiger partial charge in [0.05, 0.1) is 6.42 Å². The van der Waals surface area contributed by atoms with Crippen LogP contribution in [0.1, 0.15) is 24.8 Å². The predicted molar refractivity (Wildman–Crippen MR) is 52.2 cm³/mol. The number of pyridine rings is 1. The SMILES string of the molecule is CC(CC(=O)O)c1ccncc1.Cl. The van der Waals surface area contributed by atoms with E-state index in [-0.39, 0.29) is 24.7 Å². The highest BCUT2D eigenvalue weighted by atomic mass is 35.5. The van der Waals surface area contributed by atoms with Gasteiger partial charge in [0.2, 0.25) is 0 Å². The lowest BCUT2D eigenvalue weighted by Gasteiger charge is -2.07. The largest absolute Gasteiger partial charge is 0.481 e. The van der Waals surface area contributed by atoms with Crippen molar-refractivity contribution in [1.29, 1.82) is 0 Å². The Morgan fingerprint density at radius 3 is 2.54 bits per heavy atom. The van der Waals surface area contributed by atoms with Crippen molar-refractivity contribution in [3.8, 4) is 0 Å². The van der Waals surface area contributed by atoms with Crippen molar-refractivity contribution in [2.75, 3.05) is 0 Å². The maximum Gasteiger partial charge on any atom is 0.303 e. The molecule has 0 aromatic carbocycles. The molecule has 0 amide bonds. The average molecular weight is 202 g/mol. The summed E-state index contributed by atoms with van der Waals surface area (Å²) < 4.78 is 0. The lowest BCUT2D eigenvalue weighted by molar-refractivity contribution is -0.137. The van der Waals surface area contributed by atoms with Crippen molar-refractivity contribution in [2.45, 2.75) is 19.3 Å². The van der Waals surface area contributed by atoms with Crippen molar-refractivity contribution in [3.05, 3.63) is 30.1 Å². The smallest absolute Gasteiger partial charge is 0.303 e. The number of aromatic nitrogens is 1. The van der Waals surface area contributed by atoms with Gasteiger partial charge < -0.3 is 5.11 Å². The molecule has 1 heterocycles. The maximum absolute atomic E-state index is 10.4. The fourth-order valence-electron chi connectivity index (χ4n) is 1.07. The number of carbonyl (C=O) groups is 1. The number of carboxylic acids is 1. The molecule has 13 heavy (non-hydrogen) atoms. The molecule has 4 heteroatoms. The van der Waals surface area contributed by atoms with Crippen LogP contribution in [0.25, 0.3) is 0 Å². The Balaban J connectivity index is 0.00000144. The molecule has 1 unspecified atom stereocenters. The summed E-state index contributed by atoms with van der Waals surface area (Å²) in [5, 5.41) is 8.53. The van der Waals surface area contributed by atoms with Gasteiger partial charge in [-0.25, -0.2) is 0 Å². The fraction of sp³-hybridized carbons (Fsp3) is 0.333. The monoisotopic (exact) mass is 201 g/mol. The summed E-state index contributed by atoms with van der Waals surface area (Å²) >= 11 is 0. The van der Waals surface area contributed by atoms with Crippen molar-refractivity contribution >= 4 is 18.4 Å². The van der Waals surface area contributed by atoms with Crippen molar-refractivity contribution in [3.63, 3.8) is 0 Å². The Hall–Kier alpha value is -1.09. The molecular formula is C9H12ClNO2. The molecular weight excluding hydrogens is 190 g/mol. The van der Waals surface area contributed by atoms with Crippen LogP contribution in [0.3, 0.4) is 0 Å². The number of nitrogens with zero attached hydrogens (tertiary/aromatic N) is 1. The molecule has 1 N–H and O–H groups in total. The zero-order chi connectivity index (χ0) is 8.97. The van der Waals surface area contributed by atoms with Gasteiger partial charge in [-0.2, -0.15) is 0 Å². The predicted octanol–water partition coefficient (Wildman–Crippen LogP) is 2.08. The molecule has 0 aliphatic heterocycles. The number of rotatable bonds is 3. The normalized spacial score (nSPS) is 11.5. The minimum Gasteiger partial charge on any atom is -0.481 e. The van der Waals surface area contributed by atoms with Crippen molar-refractivity contribution < 1.29 is 9.90 Å². The van der Waals surface area contributed by atoms with Gasteiger partial charge in [-0.05, 0) is 23.6 Å². The minimum atomic E-state index is -0.765. The molecule has 0 saturated heterocycles. The Bertz CT molecular complexity index is 264. The highest BCUT2D eigenvalue weighted by Crippen LogP contribution is 2.17. The quantitative estimate of drug-likeness (QED) is 0.815. The molecule has 1 atom stereocenters. The lowest BCUT2D eigenvalue weighted by Crippen LogP contribution is -2.02. The zero-order valence-corrected chi connectivity index (χ0v) is 8.12. The Morgan fingerprint density at radius 1 is 1.54 bits per heavy atom. The maximum atomic E-state index is 10.4. The Labute approximate surface area is 83.2 Å². The van der Waals surface area contributed by atoms with Crippen LogP contribution in [0, 0.1) is 0 Å². The van der Waals surface area contributed by atoms with E-state index in [1.807, 2.05) is 19.1 Å². The second-order valence-corrected chi connectivity index (χ2v) is 2.78. The van der Waals surface area contributed by atoms with Crippen LogP contribution in [0.15, 0.2) is 24.5 Å². The van der Waals surface area contributed by atoms with Gasteiger partial charge in [0.25, 0.3) is 0 Å². The molecule has 1 aromatic heterocycles. The molecule has 0 fully saturated rings. The van der Waals surface area contributed by atoms with Gasteiger partial charge in [-0.1, -0.05) is 6.92 Å². The summed E-state index contributed by atoms with van der Waals surface area (Å²) in [5.74, 6) is -0.704. The summed E-state index contributed by atoms with van der Waals surface area (Å²) in [6, 6.07) is 3.68. The first-order valence-corrected chi connectivity index (χ1v) is 3.82. The topological polar surface area (TPSA) is 50.2 Å². The summed E-state index contributed by atoms with van der Waals surface area (Å²) in [5.41, 5.74) is 1.02. The average Bonchev–Trinajstić information content (AvgIpc) is 2.05. The molecule has 1 rings (SSSR count). The second-order valence-electron chi connectivity index (χ2n) is 2.78. The van der Waals surface area contributed by atoms with Crippen molar-refractivity contribution in [2.24, 2.45) is 0 Å². The molecule has 1 aromatic rings. The van der Waals surface area contributed by atoms with Gasteiger partial charge in [0, 0.05) is 12.4 Å². The fourth-order valence-corrected chi connectivity index (χ4v) is 1.07. The lowest BCUT2D eigenvalue weighted by atomic mass is 9.99. The van der Waals surface area contributed by atoms with E-state index in [2.05, 4.69) is 4.98 Å². The van der Waals surface area contributed by atoms with Crippen LogP contribution < -0.4 is 0 Å². The standard InChI is InChI=1S/C9H11NO2.ClH/c1-7(6-9(11)12)8-2-4-10-5-3-8;/h2-5,7H,6H2,1H3,(H,11,12);1H. The first kappa shape index (κ1) is 11.9. The Morgan fingerprint density at radius 2 is 2.08 bits per heavy atom. The number of aliphatic carboxylic acids is 1. The third-order valence-corrected chi connectivity index (χ3v) is 1.76. The van der Waals surface area contributed by atoms with Crippen LogP contribution in [-0.4, -0.2) is 16.1 Å². The van der Waals surface area contributed by atoms with Gasteiger partial charge in [0.15, 0.2) is 0 Å². The van der Waals surface area contributed by atoms with Crippen LogP contribution in [0.4, 0.5) is 0 Å². The van der Waals surface area contributed by atoms with Crippen molar-refractivity contribution in [1.82, 2.24) is 4.98 Å². The highest BCUT2D eigenvalue weighted by Gasteiger charge is 2.08.